The van der Waals surface area contributed by atoms with Crippen LogP contribution in [-0.4, -0.2) is 46.4 Å². The van der Waals surface area contributed by atoms with Crippen molar-refractivity contribution in [2.24, 2.45) is 0 Å². The first-order valence-corrected chi connectivity index (χ1v) is 12.4. The second kappa shape index (κ2) is 10.5. The molecule has 186 valence electrons. The van der Waals surface area contributed by atoms with E-state index in [9.17, 15) is 13.6 Å². The van der Waals surface area contributed by atoms with Gasteiger partial charge in [-0.1, -0.05) is 24.3 Å². The highest BCUT2D eigenvalue weighted by Gasteiger charge is 2.20. The first-order valence-electron chi connectivity index (χ1n) is 11.5. The van der Waals surface area contributed by atoms with Crippen molar-refractivity contribution in [3.05, 3.63) is 53.7 Å². The van der Waals surface area contributed by atoms with E-state index < -0.39 is 12.3 Å². The lowest BCUT2D eigenvalue weighted by atomic mass is 10.1. The van der Waals surface area contributed by atoms with E-state index >= 15 is 0 Å². The minimum Gasteiger partial charge on any atom is -0.437 e. The zero-order valence-corrected chi connectivity index (χ0v) is 20.2. The molecular formula is C25H24F2N6O2S. The number of halogens is 2. The van der Waals surface area contributed by atoms with Gasteiger partial charge in [-0.2, -0.15) is 8.78 Å². The number of nitrogens with one attached hydrogen (secondary N) is 3. The van der Waals surface area contributed by atoms with E-state index in [0.29, 0.717) is 34.0 Å². The van der Waals surface area contributed by atoms with Gasteiger partial charge in [0.05, 0.1) is 10.7 Å². The number of thiazole rings is 1. The highest BCUT2D eigenvalue weighted by Crippen LogP contribution is 2.40. The Morgan fingerprint density at radius 3 is 2.78 bits per heavy atom. The third kappa shape index (κ3) is 5.26. The molecule has 1 atom stereocenters. The number of aryl methyl sites for hydroxylation is 1. The van der Waals surface area contributed by atoms with E-state index in [0.717, 1.165) is 35.8 Å². The third-order valence-electron chi connectivity index (χ3n) is 5.77. The summed E-state index contributed by atoms with van der Waals surface area (Å²) in [6.45, 7) is 3.77. The molecule has 0 spiro atoms. The van der Waals surface area contributed by atoms with Gasteiger partial charge in [-0.25, -0.2) is 15.0 Å². The van der Waals surface area contributed by atoms with Gasteiger partial charge in [0.1, 0.15) is 10.6 Å². The lowest BCUT2D eigenvalue weighted by Crippen LogP contribution is -2.38. The van der Waals surface area contributed by atoms with E-state index in [2.05, 4.69) is 25.9 Å². The van der Waals surface area contributed by atoms with E-state index in [4.69, 9.17) is 9.72 Å². The Bertz CT molecular complexity index is 1390. The predicted molar refractivity (Wildman–Crippen MR) is 136 cm³/mol. The van der Waals surface area contributed by atoms with Crippen LogP contribution in [0.2, 0.25) is 0 Å². The number of anilines is 2. The number of rotatable bonds is 7. The number of carbonyl (C=O) groups is 1. The fourth-order valence-electron chi connectivity index (χ4n) is 4.11. The van der Waals surface area contributed by atoms with Gasteiger partial charge in [0.15, 0.2) is 0 Å². The summed E-state index contributed by atoms with van der Waals surface area (Å²) in [5.74, 6) is 0.0510. The summed E-state index contributed by atoms with van der Waals surface area (Å²) in [6.07, 6.45) is 0.745. The topological polar surface area (TPSA) is 101 Å². The van der Waals surface area contributed by atoms with Crippen LogP contribution in [0.25, 0.3) is 21.3 Å². The van der Waals surface area contributed by atoms with E-state index in [-0.39, 0.29) is 11.7 Å². The smallest absolute Gasteiger partial charge is 0.315 e. The average Bonchev–Trinajstić information content (AvgIpc) is 3.26. The Hall–Kier alpha value is -3.70. The molecule has 2 aromatic carbocycles. The molecular weight excluding hydrogens is 486 g/mol. The molecule has 8 nitrogen and oxygen atoms in total. The molecule has 1 saturated heterocycles. The summed E-state index contributed by atoms with van der Waals surface area (Å²) in [5.41, 5.74) is 0.962. The molecule has 0 aliphatic carbocycles. The Morgan fingerprint density at radius 2 is 2.00 bits per heavy atom. The van der Waals surface area contributed by atoms with Crippen molar-refractivity contribution in [2.75, 3.05) is 23.7 Å². The largest absolute Gasteiger partial charge is 0.437 e. The van der Waals surface area contributed by atoms with Gasteiger partial charge in [0.25, 0.3) is 5.91 Å². The number of benzene rings is 2. The number of aromatic nitrogens is 3. The van der Waals surface area contributed by atoms with Crippen LogP contribution in [0.1, 0.15) is 17.8 Å². The maximum absolute atomic E-state index is 12.8. The first-order chi connectivity index (χ1) is 17.5. The molecule has 1 fully saturated rings. The molecule has 1 aliphatic heterocycles. The van der Waals surface area contributed by atoms with E-state index in [1.807, 2.05) is 19.1 Å². The van der Waals surface area contributed by atoms with Crippen molar-refractivity contribution in [1.29, 1.82) is 0 Å². The lowest BCUT2D eigenvalue weighted by Gasteiger charge is -2.23. The number of carbonyl (C=O) groups excluding carboxylic acids is 1. The molecule has 4 aromatic rings. The van der Waals surface area contributed by atoms with Crippen LogP contribution in [-0.2, 0) is 4.79 Å². The number of fused-ring (bicyclic) bond motifs is 1. The molecule has 1 amide bonds. The van der Waals surface area contributed by atoms with Gasteiger partial charge in [-0.15, -0.1) is 11.3 Å². The highest BCUT2D eigenvalue weighted by molar-refractivity contribution is 7.15. The van der Waals surface area contributed by atoms with Crippen LogP contribution in [0, 0.1) is 6.92 Å². The summed E-state index contributed by atoms with van der Waals surface area (Å²) in [5, 5.41) is 11.1. The summed E-state index contributed by atoms with van der Waals surface area (Å²) < 4.78 is 31.8. The quantitative estimate of drug-likeness (QED) is 0.313. The van der Waals surface area contributed by atoms with Crippen LogP contribution >= 0.6 is 11.3 Å². The van der Waals surface area contributed by atoms with Gasteiger partial charge >= 0.3 is 6.43 Å². The SMILES string of the molecule is Cc1nc(Oc2ccc(NC(=O)C(F)F)c3ccccc23)c(-c2ccnc(NC3CCCNC3)n2)s1. The zero-order chi connectivity index (χ0) is 25.1. The Kier molecular flexibility index (Phi) is 7.01. The summed E-state index contributed by atoms with van der Waals surface area (Å²) >= 11 is 1.45. The number of nitrogens with zero attached hydrogens (tertiary/aromatic N) is 3. The van der Waals surface area contributed by atoms with Gasteiger partial charge in [0, 0.05) is 35.2 Å². The number of amides is 1. The first kappa shape index (κ1) is 24.0. The summed E-state index contributed by atoms with van der Waals surface area (Å²) in [7, 11) is 0. The molecule has 1 unspecified atom stereocenters. The van der Waals surface area contributed by atoms with Gasteiger partial charge < -0.3 is 20.7 Å². The molecule has 0 radical (unpaired) electrons. The van der Waals surface area contributed by atoms with Crippen LogP contribution in [0.3, 0.4) is 0 Å². The molecule has 0 bridgehead atoms. The number of hydrogen-bond acceptors (Lipinski definition) is 8. The predicted octanol–water partition coefficient (Wildman–Crippen LogP) is 5.22. The van der Waals surface area contributed by atoms with E-state index in [1.165, 1.54) is 11.3 Å². The molecule has 0 saturated carbocycles. The van der Waals surface area contributed by atoms with Crippen molar-refractivity contribution >= 4 is 39.7 Å². The minimum atomic E-state index is -3.11. The van der Waals surface area contributed by atoms with Crippen LogP contribution in [0.5, 0.6) is 11.6 Å². The molecule has 5 rings (SSSR count). The Morgan fingerprint density at radius 1 is 1.17 bits per heavy atom. The molecule has 2 aromatic heterocycles. The normalized spacial score (nSPS) is 15.7. The fourth-order valence-corrected chi connectivity index (χ4v) is 4.93. The van der Waals surface area contributed by atoms with Crippen LogP contribution in [0.4, 0.5) is 20.4 Å². The van der Waals surface area contributed by atoms with Crippen molar-refractivity contribution in [3.63, 3.8) is 0 Å². The second-order valence-electron chi connectivity index (χ2n) is 8.37. The van der Waals surface area contributed by atoms with Crippen LogP contribution in [0.15, 0.2) is 48.7 Å². The molecule has 3 heterocycles. The number of alkyl halides is 2. The summed E-state index contributed by atoms with van der Waals surface area (Å²) in [4.78, 5) is 26.0. The second-order valence-corrected chi connectivity index (χ2v) is 9.57. The highest BCUT2D eigenvalue weighted by atomic mass is 32.1. The third-order valence-corrected chi connectivity index (χ3v) is 6.74. The standard InChI is InChI=1S/C25H24F2N6O2S/c1-14-30-24(21(36-14)19-10-12-29-25(33-19)31-15-5-4-11-28-13-15)35-20-9-8-18(32-23(34)22(26)27)16-6-2-3-7-17(16)20/h2-3,6-10,12,15,22,28H,4-5,11,13H2,1H3,(H,32,34)(H,29,31,33). The van der Waals surface area contributed by atoms with Crippen molar-refractivity contribution in [3.8, 4) is 22.2 Å². The molecule has 3 N–H and O–H groups in total. The summed E-state index contributed by atoms with van der Waals surface area (Å²) in [6, 6.07) is 12.4. The maximum atomic E-state index is 12.8. The number of hydrogen-bond donors (Lipinski definition) is 3. The van der Waals surface area contributed by atoms with Gasteiger partial charge in [0.2, 0.25) is 11.8 Å². The molecule has 1 aliphatic rings. The molecule has 36 heavy (non-hydrogen) atoms. The number of ether oxygens (including phenoxy) is 1. The fraction of sp³-hybridized carbons (Fsp3) is 0.280. The zero-order valence-electron chi connectivity index (χ0n) is 19.4. The number of piperidine rings is 1. The molecule has 11 heteroatoms. The maximum Gasteiger partial charge on any atom is 0.315 e. The van der Waals surface area contributed by atoms with Gasteiger partial charge in [-0.3, -0.25) is 4.79 Å². The van der Waals surface area contributed by atoms with Crippen molar-refractivity contribution in [1.82, 2.24) is 20.3 Å². The van der Waals surface area contributed by atoms with Gasteiger partial charge in [-0.05, 0) is 44.5 Å². The Labute approximate surface area is 210 Å². The lowest BCUT2D eigenvalue weighted by molar-refractivity contribution is -0.126. The average molecular weight is 511 g/mol. The van der Waals surface area contributed by atoms with Crippen molar-refractivity contribution in [2.45, 2.75) is 32.2 Å². The Balaban J connectivity index is 1.45. The van der Waals surface area contributed by atoms with E-state index in [1.54, 1.807) is 36.5 Å². The van der Waals surface area contributed by atoms with Crippen molar-refractivity contribution < 1.29 is 18.3 Å². The monoisotopic (exact) mass is 510 g/mol. The minimum absolute atomic E-state index is 0.267. The van der Waals surface area contributed by atoms with Crippen LogP contribution < -0.4 is 20.7 Å².